The maximum atomic E-state index is 2.59. The van der Waals surface area contributed by atoms with E-state index in [1.54, 1.807) is 14.6 Å². The van der Waals surface area contributed by atoms with Crippen LogP contribution in [0.1, 0.15) is 95.8 Å². The van der Waals surface area contributed by atoms with Crippen LogP contribution in [0.5, 0.6) is 0 Å². The van der Waals surface area contributed by atoms with Crippen molar-refractivity contribution in [2.75, 3.05) is 0 Å². The molecular formula is C34H44Cl3SiTi. The van der Waals surface area contributed by atoms with E-state index in [1.807, 2.05) is 0 Å². The van der Waals surface area contributed by atoms with E-state index >= 15 is 0 Å². The number of allylic oxidation sites excluding steroid dienone is 4. The molecule has 1 aliphatic rings. The molecule has 0 fully saturated rings. The van der Waals surface area contributed by atoms with Crippen molar-refractivity contribution in [1.29, 1.82) is 0 Å². The van der Waals surface area contributed by atoms with Gasteiger partial charge in [-0.1, -0.05) is 0 Å². The van der Waals surface area contributed by atoms with Crippen LogP contribution in [0.4, 0.5) is 0 Å². The summed E-state index contributed by atoms with van der Waals surface area (Å²) in [6, 6.07) is 28.8. The summed E-state index contributed by atoms with van der Waals surface area (Å²) in [4.78, 5) is 0. The van der Waals surface area contributed by atoms with Gasteiger partial charge in [0.25, 0.3) is 0 Å². The minimum Gasteiger partial charge on any atom is -0.147 e. The van der Waals surface area contributed by atoms with Crippen molar-refractivity contribution in [1.82, 2.24) is 0 Å². The van der Waals surface area contributed by atoms with E-state index in [0.717, 1.165) is 12.8 Å². The second kappa shape index (κ2) is 15.2. The first kappa shape index (κ1) is 36.0. The summed E-state index contributed by atoms with van der Waals surface area (Å²) in [7, 11) is -2.55. The largest absolute Gasteiger partial charge is 0.147 e. The molecule has 0 saturated heterocycles. The Hall–Kier alpha value is -1.06. The van der Waals surface area contributed by atoms with E-state index < -0.39 is 8.07 Å². The van der Waals surface area contributed by atoms with Gasteiger partial charge >= 0.3 is 233 Å². The standard InChI is InChI=1S/C34H41Si.3ClH.Ti/c1-8-27-13-12-20-34(27)35(31-17-9-14-28(21-31)24(2)3,32-18-10-15-29(22-32)25(4)5)33-19-11-16-30(23-33)26(6)7;;;;/h9-11,14-26H,8,12H2,1-7H3;3*1H;. The maximum absolute atomic E-state index is 2.59. The molecule has 0 N–H and O–H groups in total. The molecule has 0 bridgehead atoms. The van der Waals surface area contributed by atoms with Gasteiger partial charge in [-0.3, -0.25) is 0 Å². The molecule has 0 heterocycles. The average molecular weight is 635 g/mol. The zero-order chi connectivity index (χ0) is 26.0. The molecule has 5 heteroatoms. The van der Waals surface area contributed by atoms with Crippen molar-refractivity contribution in [2.45, 2.75) is 79.1 Å². The summed E-state index contributed by atoms with van der Waals surface area (Å²) in [5.41, 5.74) is 5.88. The average Bonchev–Trinajstić information content (AvgIpc) is 3.25. The van der Waals surface area contributed by atoms with Gasteiger partial charge in [0.1, 0.15) is 0 Å². The molecule has 0 aromatic heterocycles. The minimum atomic E-state index is -2.55. The van der Waals surface area contributed by atoms with Crippen LogP contribution in [0.2, 0.25) is 0 Å². The Morgan fingerprint density at radius 2 is 1.00 bits per heavy atom. The normalized spacial score (nSPS) is 13.2. The third-order valence-corrected chi connectivity index (χ3v) is 13.6. The predicted molar refractivity (Wildman–Crippen MR) is 178 cm³/mol. The summed E-state index contributed by atoms with van der Waals surface area (Å²) in [6.45, 7) is 16.2. The van der Waals surface area contributed by atoms with Gasteiger partial charge in [-0.05, 0) is 0 Å². The SMILES string of the molecule is CCC1=[C]([Ti])CC=C1[Si](c1cccc(C(C)C)c1)(c1cccc(C(C)C)c1)c1cccc(C(C)C)c1.Cl.Cl.Cl. The smallest absolute Gasteiger partial charge is 0.147 e. The number of halogens is 3. The molecule has 0 amide bonds. The van der Waals surface area contributed by atoms with Gasteiger partial charge in [-0.25, -0.2) is 0 Å². The first-order chi connectivity index (χ1) is 17.2. The third kappa shape index (κ3) is 7.06. The fraction of sp³-hybridized carbons (Fsp3) is 0.353. The second-order valence-corrected chi connectivity index (χ2v) is 15.9. The van der Waals surface area contributed by atoms with Crippen LogP contribution in [0.15, 0.2) is 93.5 Å². The quantitative estimate of drug-likeness (QED) is 0.172. The Morgan fingerprint density at radius 1 is 0.641 bits per heavy atom. The Morgan fingerprint density at radius 3 is 1.31 bits per heavy atom. The van der Waals surface area contributed by atoms with Gasteiger partial charge in [0, 0.05) is 0 Å². The maximum Gasteiger partial charge on any atom is -0.147 e. The van der Waals surface area contributed by atoms with Crippen molar-refractivity contribution in [3.63, 3.8) is 0 Å². The van der Waals surface area contributed by atoms with E-state index in [1.165, 1.54) is 32.3 Å². The van der Waals surface area contributed by atoms with Gasteiger partial charge in [-0.15, -0.1) is 37.2 Å². The predicted octanol–water partition coefficient (Wildman–Crippen LogP) is 8.87. The van der Waals surface area contributed by atoms with Crippen LogP contribution in [0.3, 0.4) is 0 Å². The van der Waals surface area contributed by atoms with E-state index in [9.17, 15) is 0 Å². The van der Waals surface area contributed by atoms with Gasteiger partial charge in [-0.2, -0.15) is 0 Å². The van der Waals surface area contributed by atoms with Crippen molar-refractivity contribution < 1.29 is 20.4 Å². The molecule has 39 heavy (non-hydrogen) atoms. The Bertz CT molecular complexity index is 1180. The molecule has 0 saturated carbocycles. The number of benzene rings is 3. The molecule has 3 aromatic rings. The van der Waals surface area contributed by atoms with Crippen LogP contribution >= 0.6 is 37.2 Å². The van der Waals surface area contributed by atoms with Gasteiger partial charge in [0.2, 0.25) is 0 Å². The topological polar surface area (TPSA) is 0 Å². The molecule has 3 aromatic carbocycles. The van der Waals surface area contributed by atoms with Crippen LogP contribution in [0.25, 0.3) is 0 Å². The summed E-state index contributed by atoms with van der Waals surface area (Å²) in [5.74, 6) is 1.50. The fourth-order valence-electron chi connectivity index (χ4n) is 5.76. The van der Waals surface area contributed by atoms with Crippen molar-refractivity contribution in [3.05, 3.63) is 110 Å². The Kier molecular flexibility index (Phi) is 14.1. The number of hydrogen-bond donors (Lipinski definition) is 0. The summed E-state index contributed by atoms with van der Waals surface area (Å²) < 4.78 is 1.55. The Balaban J connectivity index is 0.00000253. The molecule has 0 nitrogen and oxygen atoms in total. The molecule has 0 aliphatic heterocycles. The summed E-state index contributed by atoms with van der Waals surface area (Å²) in [6.07, 6.45) is 4.75. The molecule has 1 aliphatic carbocycles. The van der Waals surface area contributed by atoms with Gasteiger partial charge in [0.15, 0.2) is 0 Å². The molecule has 0 atom stereocenters. The van der Waals surface area contributed by atoms with Crippen LogP contribution in [-0.2, 0) is 20.4 Å². The molecule has 209 valence electrons. The van der Waals surface area contributed by atoms with Crippen molar-refractivity contribution in [3.8, 4) is 0 Å². The fourth-order valence-corrected chi connectivity index (χ4v) is 11.9. The van der Waals surface area contributed by atoms with Crippen molar-refractivity contribution >= 4 is 60.9 Å². The van der Waals surface area contributed by atoms with Crippen LogP contribution in [-0.4, -0.2) is 8.07 Å². The first-order valence-electron chi connectivity index (χ1n) is 13.7. The summed E-state index contributed by atoms with van der Waals surface area (Å²) >= 11 is 2.35. The zero-order valence-electron chi connectivity index (χ0n) is 24.4. The van der Waals surface area contributed by atoms with E-state index in [0.29, 0.717) is 17.8 Å². The van der Waals surface area contributed by atoms with Crippen molar-refractivity contribution in [2.24, 2.45) is 0 Å². The monoisotopic (exact) mass is 633 g/mol. The van der Waals surface area contributed by atoms with E-state index in [2.05, 4.69) is 148 Å². The Labute approximate surface area is 268 Å². The minimum absolute atomic E-state index is 0. The first-order valence-corrected chi connectivity index (χ1v) is 16.4. The molecule has 0 spiro atoms. The van der Waals surface area contributed by atoms with Crippen LogP contribution in [0, 0.1) is 0 Å². The second-order valence-electron chi connectivity index (χ2n) is 11.2. The third-order valence-electron chi connectivity index (χ3n) is 7.92. The van der Waals surface area contributed by atoms with Gasteiger partial charge in [0.05, 0.1) is 0 Å². The van der Waals surface area contributed by atoms with E-state index in [4.69, 9.17) is 0 Å². The molecule has 4 rings (SSSR count). The summed E-state index contributed by atoms with van der Waals surface area (Å²) in [5, 5.41) is 6.16. The number of hydrogen-bond acceptors (Lipinski definition) is 0. The molecule has 0 unspecified atom stereocenters. The number of rotatable bonds is 8. The molecule has 0 radical (unpaired) electrons. The zero-order valence-corrected chi connectivity index (χ0v) is 29.4. The van der Waals surface area contributed by atoms with E-state index in [-0.39, 0.29) is 37.2 Å². The molecular weight excluding hydrogens is 591 g/mol. The van der Waals surface area contributed by atoms with Crippen LogP contribution < -0.4 is 15.6 Å². The van der Waals surface area contributed by atoms with Gasteiger partial charge < -0.3 is 0 Å².